The molecule has 1 aliphatic heterocycles. The number of hydrogen-bond donors (Lipinski definition) is 2. The van der Waals surface area contributed by atoms with E-state index in [2.05, 4.69) is 29.5 Å². The van der Waals surface area contributed by atoms with Gasteiger partial charge < -0.3 is 29.6 Å². The van der Waals surface area contributed by atoms with Crippen LogP contribution in [0.2, 0.25) is 0 Å². The molecule has 0 saturated heterocycles. The zero-order valence-electron chi connectivity index (χ0n) is 18.6. The summed E-state index contributed by atoms with van der Waals surface area (Å²) < 4.78 is 22.5. The highest BCUT2D eigenvalue weighted by Gasteiger charge is 2.11. The molecule has 0 unspecified atom stereocenters. The molecule has 1 heterocycles. The molecule has 0 amide bonds. The Labute approximate surface area is 198 Å². The van der Waals surface area contributed by atoms with Crippen molar-refractivity contribution in [3.63, 3.8) is 0 Å². The van der Waals surface area contributed by atoms with Crippen LogP contribution in [0.5, 0.6) is 11.5 Å². The smallest absolute Gasteiger partial charge is 0.195 e. The van der Waals surface area contributed by atoms with E-state index in [1.807, 2.05) is 25.1 Å². The summed E-state index contributed by atoms with van der Waals surface area (Å²) in [6.45, 7) is 12.2. The van der Waals surface area contributed by atoms with Gasteiger partial charge in [-0.05, 0) is 37.8 Å². The number of ether oxygens (including phenoxy) is 4. The molecule has 172 valence electrons. The van der Waals surface area contributed by atoms with Crippen molar-refractivity contribution in [2.45, 2.75) is 40.0 Å². The summed E-state index contributed by atoms with van der Waals surface area (Å²) in [6, 6.07) is 5.88. The van der Waals surface area contributed by atoms with Crippen LogP contribution in [0.1, 0.15) is 40.0 Å². The van der Waals surface area contributed by atoms with E-state index in [0.29, 0.717) is 25.7 Å². The molecule has 1 aromatic carbocycles. The van der Waals surface area contributed by atoms with Crippen molar-refractivity contribution in [2.24, 2.45) is 10.9 Å². The number of aliphatic imine (C=N–C) groups is 1. The minimum Gasteiger partial charge on any atom is -0.490 e. The highest BCUT2D eigenvalue weighted by Crippen LogP contribution is 2.32. The maximum Gasteiger partial charge on any atom is 0.195 e. The molecule has 1 aliphatic rings. The van der Waals surface area contributed by atoms with Crippen LogP contribution >= 0.6 is 24.0 Å². The van der Waals surface area contributed by atoms with E-state index in [4.69, 9.17) is 18.9 Å². The molecule has 0 bridgehead atoms. The fourth-order valence-corrected chi connectivity index (χ4v) is 2.72. The largest absolute Gasteiger partial charge is 0.490 e. The van der Waals surface area contributed by atoms with E-state index in [0.717, 1.165) is 75.4 Å². The van der Waals surface area contributed by atoms with Gasteiger partial charge in [-0.15, -0.1) is 24.0 Å². The van der Waals surface area contributed by atoms with E-state index in [1.165, 1.54) is 0 Å². The molecule has 8 heteroatoms. The molecule has 0 aromatic heterocycles. The maximum atomic E-state index is 5.78. The Hall–Kier alpha value is -1.26. The molecule has 30 heavy (non-hydrogen) atoms. The topological polar surface area (TPSA) is 73.3 Å². The zero-order chi connectivity index (χ0) is 20.7. The molecule has 0 fully saturated rings. The van der Waals surface area contributed by atoms with E-state index < -0.39 is 0 Å². The minimum atomic E-state index is 0. The Morgan fingerprint density at radius 2 is 1.87 bits per heavy atom. The van der Waals surface area contributed by atoms with Crippen LogP contribution in [0, 0.1) is 5.92 Å². The van der Waals surface area contributed by atoms with Crippen LogP contribution in [0.4, 0.5) is 5.69 Å². The van der Waals surface area contributed by atoms with E-state index in [-0.39, 0.29) is 24.0 Å². The van der Waals surface area contributed by atoms with Crippen LogP contribution in [-0.2, 0) is 9.47 Å². The third-order valence-electron chi connectivity index (χ3n) is 4.14. The predicted octanol–water partition coefficient (Wildman–Crippen LogP) is 4.31. The lowest BCUT2D eigenvalue weighted by Gasteiger charge is -2.15. The first-order chi connectivity index (χ1) is 14.2. The van der Waals surface area contributed by atoms with Gasteiger partial charge in [-0.1, -0.05) is 13.8 Å². The summed E-state index contributed by atoms with van der Waals surface area (Å²) in [5.74, 6) is 2.87. The monoisotopic (exact) mass is 535 g/mol. The molecule has 7 nitrogen and oxygen atoms in total. The maximum absolute atomic E-state index is 5.78. The summed E-state index contributed by atoms with van der Waals surface area (Å²) in [4.78, 5) is 4.69. The third-order valence-corrected chi connectivity index (χ3v) is 4.14. The predicted molar refractivity (Wildman–Crippen MR) is 133 cm³/mol. The van der Waals surface area contributed by atoms with Crippen molar-refractivity contribution in [3.8, 4) is 11.5 Å². The minimum absolute atomic E-state index is 0. The lowest BCUT2D eigenvalue weighted by Crippen LogP contribution is -2.32. The van der Waals surface area contributed by atoms with Crippen LogP contribution in [-0.4, -0.2) is 58.7 Å². The summed E-state index contributed by atoms with van der Waals surface area (Å²) in [6.07, 6.45) is 2.71. The molecule has 0 radical (unpaired) electrons. The highest BCUT2D eigenvalue weighted by molar-refractivity contribution is 14.0. The number of nitrogens with zero attached hydrogens (tertiary/aromatic N) is 1. The zero-order valence-corrected chi connectivity index (χ0v) is 20.9. The van der Waals surface area contributed by atoms with Crippen LogP contribution in [0.15, 0.2) is 23.2 Å². The summed E-state index contributed by atoms with van der Waals surface area (Å²) in [5.41, 5.74) is 0.918. The first-order valence-corrected chi connectivity index (χ1v) is 10.8. The summed E-state index contributed by atoms with van der Waals surface area (Å²) in [7, 11) is 0. The quantitative estimate of drug-likeness (QED) is 0.180. The first-order valence-electron chi connectivity index (χ1n) is 10.8. The fourth-order valence-electron chi connectivity index (χ4n) is 2.72. The van der Waals surface area contributed by atoms with Gasteiger partial charge in [0.15, 0.2) is 17.5 Å². The van der Waals surface area contributed by atoms with Gasteiger partial charge in [0.1, 0.15) is 0 Å². The van der Waals surface area contributed by atoms with Crippen molar-refractivity contribution in [1.82, 2.24) is 5.32 Å². The Morgan fingerprint density at radius 3 is 2.63 bits per heavy atom. The van der Waals surface area contributed by atoms with E-state index in [9.17, 15) is 0 Å². The van der Waals surface area contributed by atoms with Gasteiger partial charge >= 0.3 is 0 Å². The average Bonchev–Trinajstić information content (AvgIpc) is 2.95. The molecule has 0 atom stereocenters. The van der Waals surface area contributed by atoms with Crippen molar-refractivity contribution < 1.29 is 18.9 Å². The molecule has 2 rings (SSSR count). The number of benzene rings is 1. The Bertz CT molecular complexity index is 614. The SMILES string of the molecule is CCOCCCNC(=NCCCOCC(C)C)Nc1ccc2c(c1)OCCCO2.I. The standard InChI is InChI=1S/C22H37N3O4.HI/c1-4-26-12-5-10-23-22(24-11-6-13-27-17-18(2)3)25-19-8-9-20-21(16-19)29-15-7-14-28-20;/h8-9,16,18H,4-7,10-15,17H2,1-3H3,(H2,23,24,25);1H. The third kappa shape index (κ3) is 11.2. The number of halogens is 1. The summed E-state index contributed by atoms with van der Waals surface area (Å²) >= 11 is 0. The van der Waals surface area contributed by atoms with Crippen LogP contribution < -0.4 is 20.1 Å². The Kier molecular flexibility index (Phi) is 14.7. The van der Waals surface area contributed by atoms with Gasteiger partial charge in [0.2, 0.25) is 0 Å². The number of nitrogens with one attached hydrogen (secondary N) is 2. The van der Waals surface area contributed by atoms with Gasteiger partial charge in [-0.3, -0.25) is 4.99 Å². The van der Waals surface area contributed by atoms with E-state index >= 15 is 0 Å². The average molecular weight is 535 g/mol. The number of rotatable bonds is 12. The number of fused-ring (bicyclic) bond motifs is 1. The fraction of sp³-hybridized carbons (Fsp3) is 0.682. The van der Waals surface area contributed by atoms with Crippen LogP contribution in [0.3, 0.4) is 0 Å². The summed E-state index contributed by atoms with van der Waals surface area (Å²) in [5, 5.41) is 6.75. The number of guanidine groups is 1. The number of anilines is 1. The number of hydrogen-bond acceptors (Lipinski definition) is 5. The Morgan fingerprint density at radius 1 is 1.10 bits per heavy atom. The van der Waals surface area contributed by atoms with Gasteiger partial charge in [0.25, 0.3) is 0 Å². The molecular weight excluding hydrogens is 497 g/mol. The van der Waals surface area contributed by atoms with Crippen molar-refractivity contribution in [1.29, 1.82) is 0 Å². The first kappa shape index (κ1) is 26.8. The van der Waals surface area contributed by atoms with Crippen LogP contribution in [0.25, 0.3) is 0 Å². The molecule has 2 N–H and O–H groups in total. The van der Waals surface area contributed by atoms with Crippen molar-refractivity contribution in [3.05, 3.63) is 18.2 Å². The molecule has 1 aromatic rings. The molecular formula is C22H38IN3O4. The second-order valence-electron chi connectivity index (χ2n) is 7.37. The van der Waals surface area contributed by atoms with Gasteiger partial charge in [0.05, 0.1) is 13.2 Å². The van der Waals surface area contributed by atoms with Gasteiger partial charge in [0, 0.05) is 57.7 Å². The van der Waals surface area contributed by atoms with E-state index in [1.54, 1.807) is 0 Å². The van der Waals surface area contributed by atoms with Crippen molar-refractivity contribution in [2.75, 3.05) is 58.0 Å². The van der Waals surface area contributed by atoms with Gasteiger partial charge in [-0.25, -0.2) is 0 Å². The highest BCUT2D eigenvalue weighted by atomic mass is 127. The lowest BCUT2D eigenvalue weighted by molar-refractivity contribution is 0.109. The molecule has 0 saturated carbocycles. The van der Waals surface area contributed by atoms with Crippen molar-refractivity contribution >= 4 is 35.6 Å². The lowest BCUT2D eigenvalue weighted by atomic mass is 10.2. The molecule has 0 spiro atoms. The Balaban J connectivity index is 0.00000450. The normalized spacial score (nSPS) is 13.5. The second kappa shape index (κ2) is 16.4. The molecule has 0 aliphatic carbocycles. The van der Waals surface area contributed by atoms with Gasteiger partial charge in [-0.2, -0.15) is 0 Å². The second-order valence-corrected chi connectivity index (χ2v) is 7.37.